The van der Waals surface area contributed by atoms with Crippen molar-refractivity contribution < 1.29 is 18.0 Å². The molecule has 3 aromatic rings. The second kappa shape index (κ2) is 13.0. The Morgan fingerprint density at radius 3 is 2.13 bits per heavy atom. The van der Waals surface area contributed by atoms with Crippen molar-refractivity contribution in [2.24, 2.45) is 0 Å². The summed E-state index contributed by atoms with van der Waals surface area (Å²) in [6, 6.07) is 20.5. The predicted octanol–water partition coefficient (Wildman–Crippen LogP) is 4.77. The maximum atomic E-state index is 13.9. The van der Waals surface area contributed by atoms with Crippen LogP contribution in [0.2, 0.25) is 0 Å². The van der Waals surface area contributed by atoms with E-state index in [2.05, 4.69) is 5.32 Å². The molecule has 0 aliphatic heterocycles. The van der Waals surface area contributed by atoms with Crippen molar-refractivity contribution in [1.82, 2.24) is 10.2 Å². The van der Waals surface area contributed by atoms with Crippen molar-refractivity contribution in [3.05, 3.63) is 89.5 Å². The highest BCUT2D eigenvalue weighted by Gasteiger charge is 2.33. The van der Waals surface area contributed by atoms with E-state index < -0.39 is 28.5 Å². The number of amides is 2. The third kappa shape index (κ3) is 6.76. The Balaban J connectivity index is 2.06. The number of likely N-dealkylation sites (N-methyl/N-ethyl adjacent to an activating group) is 1. The molecule has 202 valence electrons. The standard InChI is InChI=1S/C29H35N3O4S2/c1-6-27(29(34)30-4)31(19-23-10-8-7-9-22(23)3)28(33)20-32(24-13-11-21(2)12-14-24)38(35,36)26-17-15-25(37-5)16-18-26/h7-18,27H,6,19-20H2,1-5H3,(H,30,34)/t27-/m1/s1. The number of sulfonamides is 1. The Bertz CT molecular complexity index is 1360. The third-order valence-corrected chi connectivity index (χ3v) is 9.01. The molecule has 1 atom stereocenters. The molecular formula is C29H35N3O4S2. The molecule has 7 nitrogen and oxygen atoms in total. The van der Waals surface area contributed by atoms with Gasteiger partial charge in [0, 0.05) is 18.5 Å². The van der Waals surface area contributed by atoms with Crippen LogP contribution in [0.25, 0.3) is 0 Å². The van der Waals surface area contributed by atoms with Crippen LogP contribution in [0.4, 0.5) is 5.69 Å². The van der Waals surface area contributed by atoms with Crippen LogP contribution < -0.4 is 9.62 Å². The number of rotatable bonds is 11. The lowest BCUT2D eigenvalue weighted by atomic mass is 10.1. The van der Waals surface area contributed by atoms with Gasteiger partial charge >= 0.3 is 0 Å². The summed E-state index contributed by atoms with van der Waals surface area (Å²) in [5.41, 5.74) is 3.21. The Kier molecular flexibility index (Phi) is 9.99. The fourth-order valence-corrected chi connectivity index (χ4v) is 5.99. The van der Waals surface area contributed by atoms with E-state index in [0.29, 0.717) is 12.1 Å². The van der Waals surface area contributed by atoms with Gasteiger partial charge in [0.05, 0.1) is 10.6 Å². The fourth-order valence-electron chi connectivity index (χ4n) is 4.17. The molecule has 38 heavy (non-hydrogen) atoms. The van der Waals surface area contributed by atoms with E-state index in [1.54, 1.807) is 36.4 Å². The molecular weight excluding hydrogens is 518 g/mol. The van der Waals surface area contributed by atoms with Crippen molar-refractivity contribution in [3.63, 3.8) is 0 Å². The largest absolute Gasteiger partial charge is 0.357 e. The topological polar surface area (TPSA) is 86.8 Å². The molecule has 0 fully saturated rings. The second-order valence-electron chi connectivity index (χ2n) is 9.01. The number of carbonyl (C=O) groups excluding carboxylic acids is 2. The average Bonchev–Trinajstić information content (AvgIpc) is 2.92. The molecule has 0 radical (unpaired) electrons. The molecule has 0 aromatic heterocycles. The molecule has 1 N–H and O–H groups in total. The Morgan fingerprint density at radius 2 is 1.58 bits per heavy atom. The summed E-state index contributed by atoms with van der Waals surface area (Å²) < 4.78 is 28.9. The molecule has 0 aliphatic carbocycles. The first kappa shape index (κ1) is 29.3. The monoisotopic (exact) mass is 553 g/mol. The number of anilines is 1. The van der Waals surface area contributed by atoms with Gasteiger partial charge in [0.2, 0.25) is 11.8 Å². The summed E-state index contributed by atoms with van der Waals surface area (Å²) in [7, 11) is -2.55. The molecule has 0 saturated heterocycles. The van der Waals surface area contributed by atoms with Gasteiger partial charge < -0.3 is 10.2 Å². The molecule has 0 spiro atoms. The molecule has 0 saturated carbocycles. The molecule has 0 unspecified atom stereocenters. The van der Waals surface area contributed by atoms with Gasteiger partial charge in [-0.1, -0.05) is 48.9 Å². The van der Waals surface area contributed by atoms with Gasteiger partial charge in [-0.25, -0.2) is 8.42 Å². The highest BCUT2D eigenvalue weighted by atomic mass is 32.2. The highest BCUT2D eigenvalue weighted by molar-refractivity contribution is 7.98. The van der Waals surface area contributed by atoms with Gasteiger partial charge in [0.25, 0.3) is 10.0 Å². The summed E-state index contributed by atoms with van der Waals surface area (Å²) in [6.07, 6.45) is 2.30. The zero-order chi connectivity index (χ0) is 27.9. The predicted molar refractivity (Wildman–Crippen MR) is 154 cm³/mol. The molecule has 0 bridgehead atoms. The zero-order valence-corrected chi connectivity index (χ0v) is 24.1. The number of carbonyl (C=O) groups is 2. The van der Waals surface area contributed by atoms with Gasteiger partial charge in [-0.05, 0) is 74.0 Å². The van der Waals surface area contributed by atoms with E-state index in [4.69, 9.17) is 0 Å². The van der Waals surface area contributed by atoms with Crippen molar-refractivity contribution in [2.75, 3.05) is 24.2 Å². The molecule has 0 heterocycles. The molecule has 9 heteroatoms. The van der Waals surface area contributed by atoms with Crippen LogP contribution in [0.15, 0.2) is 82.6 Å². The minimum atomic E-state index is -4.08. The van der Waals surface area contributed by atoms with Crippen molar-refractivity contribution >= 4 is 39.3 Å². The molecule has 2 amide bonds. The second-order valence-corrected chi connectivity index (χ2v) is 11.8. The SMILES string of the molecule is CC[C@H](C(=O)NC)N(Cc1ccccc1C)C(=O)CN(c1ccc(C)cc1)S(=O)(=O)c1ccc(SC)cc1. The van der Waals surface area contributed by atoms with E-state index in [0.717, 1.165) is 25.9 Å². The van der Waals surface area contributed by atoms with Gasteiger partial charge in [-0.3, -0.25) is 13.9 Å². The number of benzene rings is 3. The average molecular weight is 554 g/mol. The number of thioether (sulfide) groups is 1. The lowest BCUT2D eigenvalue weighted by Crippen LogP contribution is -2.51. The highest BCUT2D eigenvalue weighted by Crippen LogP contribution is 2.27. The molecule has 3 aromatic carbocycles. The number of nitrogens with one attached hydrogen (secondary N) is 1. The van der Waals surface area contributed by atoms with E-state index in [9.17, 15) is 18.0 Å². The van der Waals surface area contributed by atoms with E-state index in [1.807, 2.05) is 63.4 Å². The first-order valence-electron chi connectivity index (χ1n) is 12.4. The first-order valence-corrected chi connectivity index (χ1v) is 15.1. The summed E-state index contributed by atoms with van der Waals surface area (Å²) >= 11 is 1.51. The lowest BCUT2D eigenvalue weighted by molar-refractivity contribution is -0.140. The van der Waals surface area contributed by atoms with E-state index >= 15 is 0 Å². The summed E-state index contributed by atoms with van der Waals surface area (Å²) in [5, 5.41) is 2.64. The Labute approximate surface area is 230 Å². The van der Waals surface area contributed by atoms with Crippen molar-refractivity contribution in [2.45, 2.75) is 49.6 Å². The molecule has 0 aliphatic rings. The number of nitrogens with zero attached hydrogens (tertiary/aromatic N) is 2. The normalized spacial score (nSPS) is 12.0. The maximum absolute atomic E-state index is 13.9. The van der Waals surface area contributed by atoms with Gasteiger partial charge in [0.1, 0.15) is 12.6 Å². The maximum Gasteiger partial charge on any atom is 0.264 e. The minimum Gasteiger partial charge on any atom is -0.357 e. The zero-order valence-electron chi connectivity index (χ0n) is 22.5. The fraction of sp³-hybridized carbons (Fsp3) is 0.310. The summed E-state index contributed by atoms with van der Waals surface area (Å²) in [4.78, 5) is 29.2. The molecule has 3 rings (SSSR count). The van der Waals surface area contributed by atoms with Crippen LogP contribution in [0, 0.1) is 13.8 Å². The number of aryl methyl sites for hydroxylation is 2. The van der Waals surface area contributed by atoms with Gasteiger partial charge in [0.15, 0.2) is 0 Å². The van der Waals surface area contributed by atoms with Gasteiger partial charge in [-0.2, -0.15) is 0 Å². The quantitative estimate of drug-likeness (QED) is 0.346. The summed E-state index contributed by atoms with van der Waals surface area (Å²) in [5.74, 6) is -0.764. The van der Waals surface area contributed by atoms with Crippen molar-refractivity contribution in [1.29, 1.82) is 0 Å². The number of hydrogen-bond acceptors (Lipinski definition) is 5. The van der Waals surface area contributed by atoms with Gasteiger partial charge in [-0.15, -0.1) is 11.8 Å². The minimum absolute atomic E-state index is 0.0903. The Hall–Kier alpha value is -3.30. The van der Waals surface area contributed by atoms with Crippen LogP contribution in [0.3, 0.4) is 0 Å². The lowest BCUT2D eigenvalue weighted by Gasteiger charge is -2.33. The van der Waals surface area contributed by atoms with Crippen LogP contribution in [-0.2, 0) is 26.2 Å². The van der Waals surface area contributed by atoms with Crippen molar-refractivity contribution in [3.8, 4) is 0 Å². The van der Waals surface area contributed by atoms with Crippen LogP contribution in [0.5, 0.6) is 0 Å². The van der Waals surface area contributed by atoms with E-state index in [-0.39, 0.29) is 17.3 Å². The van der Waals surface area contributed by atoms with Crippen LogP contribution in [-0.4, -0.2) is 51.0 Å². The van der Waals surface area contributed by atoms with Crippen LogP contribution >= 0.6 is 11.8 Å². The first-order chi connectivity index (χ1) is 18.1. The third-order valence-electron chi connectivity index (χ3n) is 6.48. The number of hydrogen-bond donors (Lipinski definition) is 1. The Morgan fingerprint density at radius 1 is 0.947 bits per heavy atom. The smallest absolute Gasteiger partial charge is 0.264 e. The van der Waals surface area contributed by atoms with Crippen LogP contribution in [0.1, 0.15) is 30.0 Å². The van der Waals surface area contributed by atoms with E-state index in [1.165, 1.54) is 23.7 Å². The summed E-state index contributed by atoms with van der Waals surface area (Å²) in [6.45, 7) is 5.42.